The molecule has 0 radical (unpaired) electrons. The van der Waals surface area contributed by atoms with Crippen molar-refractivity contribution in [2.45, 2.75) is 13.1 Å². The van der Waals surface area contributed by atoms with Gasteiger partial charge in [0, 0.05) is 44.2 Å². The zero-order valence-corrected chi connectivity index (χ0v) is 28.7. The molecule has 0 aliphatic carbocycles. The van der Waals surface area contributed by atoms with E-state index in [1.54, 1.807) is 60.7 Å². The van der Waals surface area contributed by atoms with Crippen molar-refractivity contribution in [3.63, 3.8) is 0 Å². The predicted molar refractivity (Wildman–Crippen MR) is 195 cm³/mol. The molecule has 10 heteroatoms. The molecule has 7 aromatic carbocycles. The fourth-order valence-electron chi connectivity index (χ4n) is 8.15. The monoisotopic (exact) mass is 690 g/mol. The first kappa shape index (κ1) is 31.3. The number of ether oxygens (including phenoxy) is 4. The highest BCUT2D eigenvalue weighted by Gasteiger charge is 2.37. The van der Waals surface area contributed by atoms with E-state index in [2.05, 4.69) is 0 Å². The van der Waals surface area contributed by atoms with Gasteiger partial charge in [0.1, 0.15) is 0 Å². The zero-order valence-electron chi connectivity index (χ0n) is 28.7. The Hall–Kier alpha value is -6.68. The molecule has 0 fully saturated rings. The summed E-state index contributed by atoms with van der Waals surface area (Å²) in [4.78, 5) is 59.0. The molecule has 0 N–H and O–H groups in total. The molecule has 0 saturated carbocycles. The van der Waals surface area contributed by atoms with Crippen molar-refractivity contribution in [1.29, 1.82) is 0 Å². The van der Waals surface area contributed by atoms with Gasteiger partial charge in [0.25, 0.3) is 23.6 Å². The predicted octanol–water partition coefficient (Wildman–Crippen LogP) is 7.36. The third-order valence-corrected chi connectivity index (χ3v) is 10.4. The van der Waals surface area contributed by atoms with E-state index < -0.39 is 23.6 Å². The van der Waals surface area contributed by atoms with Crippen molar-refractivity contribution >= 4 is 66.7 Å². The number of para-hydroxylation sites is 2. The van der Waals surface area contributed by atoms with E-state index in [1.807, 2.05) is 24.3 Å². The molecule has 0 saturated heterocycles. The van der Waals surface area contributed by atoms with Crippen molar-refractivity contribution in [3.05, 3.63) is 118 Å². The number of rotatable bonds is 8. The molecule has 4 amide bonds. The second-order valence-electron chi connectivity index (χ2n) is 12.8. The minimum Gasteiger partial charge on any atom is -0.493 e. The number of methoxy groups -OCH3 is 4. The fourth-order valence-corrected chi connectivity index (χ4v) is 8.15. The minimum absolute atomic E-state index is 0.000155. The SMILES string of the molecule is COc1cccc(CN2C(=O)c3ccc4c5ccc6c7c(ccc(c8ccc(c3c48)C2=O)c75)C(=O)N(Cc2cccc(OC)c2OC)C6=O)c1OC. The number of imide groups is 2. The second kappa shape index (κ2) is 11.4. The molecule has 10 nitrogen and oxygen atoms in total. The van der Waals surface area contributed by atoms with Crippen LogP contribution in [0.1, 0.15) is 52.6 Å². The van der Waals surface area contributed by atoms with E-state index in [9.17, 15) is 19.2 Å². The summed E-state index contributed by atoms with van der Waals surface area (Å²) in [5, 5.41) is 6.01. The normalized spacial score (nSPS) is 14.0. The third kappa shape index (κ3) is 4.11. The maximum Gasteiger partial charge on any atom is 0.261 e. The van der Waals surface area contributed by atoms with Gasteiger partial charge in [0.05, 0.1) is 41.5 Å². The van der Waals surface area contributed by atoms with Gasteiger partial charge in [0.2, 0.25) is 0 Å². The van der Waals surface area contributed by atoms with Crippen LogP contribution in [0.5, 0.6) is 23.0 Å². The Morgan fingerprint density at radius 2 is 0.731 bits per heavy atom. The molecule has 0 spiro atoms. The van der Waals surface area contributed by atoms with Crippen LogP contribution in [0.25, 0.3) is 43.1 Å². The smallest absolute Gasteiger partial charge is 0.261 e. The van der Waals surface area contributed by atoms with Crippen LogP contribution in [0, 0.1) is 0 Å². The van der Waals surface area contributed by atoms with Crippen molar-refractivity contribution in [2.75, 3.05) is 28.4 Å². The van der Waals surface area contributed by atoms with Gasteiger partial charge in [-0.25, -0.2) is 0 Å². The average Bonchev–Trinajstić information content (AvgIpc) is 3.18. The summed E-state index contributed by atoms with van der Waals surface area (Å²) in [6.07, 6.45) is 0. The van der Waals surface area contributed by atoms with Gasteiger partial charge in [-0.1, -0.05) is 48.5 Å². The molecule has 0 atom stereocenters. The van der Waals surface area contributed by atoms with Crippen LogP contribution >= 0.6 is 0 Å². The number of carbonyl (C=O) groups excluding carboxylic acids is 4. The molecule has 0 aromatic heterocycles. The van der Waals surface area contributed by atoms with Gasteiger partial charge >= 0.3 is 0 Å². The van der Waals surface area contributed by atoms with Gasteiger partial charge in [-0.2, -0.15) is 0 Å². The number of fused-ring (bicyclic) bond motifs is 2. The van der Waals surface area contributed by atoms with Gasteiger partial charge in [-0.3, -0.25) is 29.0 Å². The number of hydrogen-bond donors (Lipinski definition) is 0. The average molecular weight is 691 g/mol. The van der Waals surface area contributed by atoms with E-state index in [0.717, 1.165) is 32.3 Å². The molecular weight excluding hydrogens is 660 g/mol. The molecule has 9 rings (SSSR count). The molecule has 2 aliphatic rings. The standard InChI is InChI=1S/C42H30N2O8/c1-49-31-9-5-7-21(37(31)51-3)19-43-39(45)27-15-11-23-25-13-17-29-36-30(18-14-26(34(25)36)24-12-16-28(40(43)46)35(27)33(23)24)42(48)44(41(29)47)20-22-8-6-10-32(50-2)38(22)52-4/h5-18H,19-20H2,1-4H3. The van der Waals surface area contributed by atoms with Gasteiger partial charge in [-0.05, 0) is 68.7 Å². The number of carbonyl (C=O) groups is 4. The first-order chi connectivity index (χ1) is 25.3. The van der Waals surface area contributed by atoms with Gasteiger partial charge in [0.15, 0.2) is 23.0 Å². The summed E-state index contributed by atoms with van der Waals surface area (Å²) in [6, 6.07) is 25.3. The fraction of sp³-hybridized carbons (Fsp3) is 0.143. The number of nitrogens with zero attached hydrogens (tertiary/aromatic N) is 2. The maximum absolute atomic E-state index is 14.1. The molecule has 256 valence electrons. The Morgan fingerprint density at radius 1 is 0.404 bits per heavy atom. The van der Waals surface area contributed by atoms with Gasteiger partial charge in [-0.15, -0.1) is 0 Å². The third-order valence-electron chi connectivity index (χ3n) is 10.4. The first-order valence-corrected chi connectivity index (χ1v) is 16.6. The van der Waals surface area contributed by atoms with Gasteiger partial charge < -0.3 is 18.9 Å². The lowest BCUT2D eigenvalue weighted by atomic mass is 9.82. The number of amides is 4. The largest absolute Gasteiger partial charge is 0.493 e. The Kier molecular flexibility index (Phi) is 6.88. The van der Waals surface area contributed by atoms with E-state index >= 15 is 0 Å². The Morgan fingerprint density at radius 3 is 1.02 bits per heavy atom. The highest BCUT2D eigenvalue weighted by atomic mass is 16.5. The molecule has 7 aromatic rings. The molecule has 0 unspecified atom stereocenters. The highest BCUT2D eigenvalue weighted by molar-refractivity contribution is 6.41. The van der Waals surface area contributed by atoms with E-state index in [1.165, 1.54) is 38.2 Å². The van der Waals surface area contributed by atoms with Crippen LogP contribution in [-0.4, -0.2) is 61.9 Å². The summed E-state index contributed by atoms with van der Waals surface area (Å²) in [6.45, 7) is -0.000310. The molecule has 2 aliphatic heterocycles. The van der Waals surface area contributed by atoms with Crippen molar-refractivity contribution < 1.29 is 38.1 Å². The first-order valence-electron chi connectivity index (χ1n) is 16.6. The van der Waals surface area contributed by atoms with Crippen molar-refractivity contribution in [3.8, 4) is 23.0 Å². The molecule has 52 heavy (non-hydrogen) atoms. The Bertz CT molecular complexity index is 2430. The lowest BCUT2D eigenvalue weighted by molar-refractivity contribution is 0.0582. The molecule has 2 heterocycles. The quantitative estimate of drug-likeness (QED) is 0.0924. The number of benzene rings is 7. The molecular formula is C42H30N2O8. The van der Waals surface area contributed by atoms with E-state index in [0.29, 0.717) is 67.2 Å². The van der Waals surface area contributed by atoms with Crippen LogP contribution in [0.3, 0.4) is 0 Å². The Labute approximate surface area is 297 Å². The number of hydrogen-bond acceptors (Lipinski definition) is 8. The lowest BCUT2D eigenvalue weighted by Gasteiger charge is -2.30. The summed E-state index contributed by atoms with van der Waals surface area (Å²) < 4.78 is 22.1. The van der Waals surface area contributed by atoms with Crippen LogP contribution in [0.2, 0.25) is 0 Å². The lowest BCUT2D eigenvalue weighted by Crippen LogP contribution is -2.40. The van der Waals surface area contributed by atoms with E-state index in [-0.39, 0.29) is 13.1 Å². The summed E-state index contributed by atoms with van der Waals surface area (Å²) in [5.74, 6) is 0.275. The zero-order chi connectivity index (χ0) is 36.0. The highest BCUT2D eigenvalue weighted by Crippen LogP contribution is 2.47. The second-order valence-corrected chi connectivity index (χ2v) is 12.8. The summed E-state index contributed by atoms with van der Waals surface area (Å²) >= 11 is 0. The van der Waals surface area contributed by atoms with Crippen molar-refractivity contribution in [1.82, 2.24) is 9.80 Å². The molecule has 0 bridgehead atoms. The van der Waals surface area contributed by atoms with Crippen LogP contribution in [0.15, 0.2) is 84.9 Å². The summed E-state index contributed by atoms with van der Waals surface area (Å²) in [5.41, 5.74) is 2.94. The van der Waals surface area contributed by atoms with Crippen LogP contribution in [-0.2, 0) is 13.1 Å². The Balaban J connectivity index is 1.19. The summed E-state index contributed by atoms with van der Waals surface area (Å²) in [7, 11) is 6.11. The van der Waals surface area contributed by atoms with Crippen LogP contribution in [0.4, 0.5) is 0 Å². The van der Waals surface area contributed by atoms with Crippen molar-refractivity contribution in [2.24, 2.45) is 0 Å². The topological polar surface area (TPSA) is 112 Å². The van der Waals surface area contributed by atoms with Crippen LogP contribution < -0.4 is 18.9 Å². The maximum atomic E-state index is 14.1. The minimum atomic E-state index is -0.411. The van der Waals surface area contributed by atoms with E-state index in [4.69, 9.17) is 18.9 Å².